The van der Waals surface area contributed by atoms with Crippen LogP contribution in [0.15, 0.2) is 41.3 Å². The van der Waals surface area contributed by atoms with Gasteiger partial charge in [-0.15, -0.1) is 0 Å². The lowest BCUT2D eigenvalue weighted by molar-refractivity contribution is -0.125. The zero-order valence-electron chi connectivity index (χ0n) is 18.5. The highest BCUT2D eigenvalue weighted by Gasteiger charge is 2.42. The van der Waals surface area contributed by atoms with Crippen LogP contribution in [0.4, 0.5) is 11.4 Å². The number of anilines is 2. The van der Waals surface area contributed by atoms with Crippen molar-refractivity contribution in [2.24, 2.45) is 5.92 Å². The van der Waals surface area contributed by atoms with E-state index in [0.29, 0.717) is 29.0 Å². The van der Waals surface area contributed by atoms with Gasteiger partial charge in [0.15, 0.2) is 0 Å². The molecule has 3 rings (SSSR count). The van der Waals surface area contributed by atoms with E-state index < -0.39 is 22.0 Å². The molecule has 0 aliphatic carbocycles. The Balaban J connectivity index is 2.12. The van der Waals surface area contributed by atoms with E-state index in [1.165, 1.54) is 0 Å². The Kier molecular flexibility index (Phi) is 6.40. The predicted octanol–water partition coefficient (Wildman–Crippen LogP) is 3.29. The normalized spacial score (nSPS) is 16.1. The highest BCUT2D eigenvalue weighted by molar-refractivity contribution is 7.93. The minimum atomic E-state index is -4.12. The third kappa shape index (κ3) is 4.58. The van der Waals surface area contributed by atoms with Gasteiger partial charge in [0.05, 0.1) is 22.7 Å². The fraction of sp³-hybridized carbons (Fsp3) is 0.391. The fourth-order valence-corrected chi connectivity index (χ4v) is 6.02. The number of sulfonamides is 1. The molecule has 2 aromatic carbocycles. The van der Waals surface area contributed by atoms with Crippen molar-refractivity contribution in [1.29, 1.82) is 0 Å². The molecule has 0 saturated heterocycles. The van der Waals surface area contributed by atoms with Gasteiger partial charge < -0.3 is 10.6 Å². The lowest BCUT2D eigenvalue weighted by Crippen LogP contribution is -2.53. The molecule has 0 bridgehead atoms. The van der Waals surface area contributed by atoms with E-state index in [0.717, 1.165) is 9.87 Å². The number of hydrogen-bond acceptors (Lipinski definition) is 4. The number of nitrogens with one attached hydrogen (secondary N) is 2. The van der Waals surface area contributed by atoms with E-state index in [2.05, 4.69) is 10.6 Å². The quantitative estimate of drug-likeness (QED) is 0.716. The highest BCUT2D eigenvalue weighted by Crippen LogP contribution is 2.38. The molecule has 2 amide bonds. The van der Waals surface area contributed by atoms with Crippen molar-refractivity contribution in [2.45, 2.75) is 52.0 Å². The second-order valence-corrected chi connectivity index (χ2v) is 10.2. The van der Waals surface area contributed by atoms with Gasteiger partial charge in [-0.2, -0.15) is 0 Å². The van der Waals surface area contributed by atoms with Gasteiger partial charge in [0.25, 0.3) is 10.0 Å². The molecule has 1 atom stereocenters. The van der Waals surface area contributed by atoms with Gasteiger partial charge in [0, 0.05) is 6.54 Å². The molecule has 0 aromatic heterocycles. The molecule has 7 nitrogen and oxygen atoms in total. The molecule has 0 radical (unpaired) electrons. The average Bonchev–Trinajstić information content (AvgIpc) is 2.65. The van der Waals surface area contributed by atoms with Crippen LogP contribution in [0.1, 0.15) is 37.0 Å². The summed E-state index contributed by atoms with van der Waals surface area (Å²) in [5.74, 6) is -0.655. The zero-order valence-corrected chi connectivity index (χ0v) is 19.3. The molecule has 0 spiro atoms. The largest absolute Gasteiger partial charge is 0.356 e. The second kappa shape index (κ2) is 8.70. The van der Waals surface area contributed by atoms with Crippen LogP contribution >= 0.6 is 0 Å². The highest BCUT2D eigenvalue weighted by atomic mass is 32.2. The van der Waals surface area contributed by atoms with Crippen LogP contribution in [0.25, 0.3) is 0 Å². The molecule has 166 valence electrons. The van der Waals surface area contributed by atoms with Crippen molar-refractivity contribution in [2.75, 3.05) is 16.2 Å². The standard InChI is InChI=1S/C23H29N3O4S/c1-14(2)13-24-21(27)12-20-23(28)25-18-8-6-7-9-19(18)26(20)31(29,30)22-16(4)10-15(3)11-17(22)5/h6-11,14,20H,12-13H2,1-5H3,(H,24,27)(H,25,28). The Bertz CT molecular complexity index is 1100. The molecule has 0 fully saturated rings. The van der Waals surface area contributed by atoms with Gasteiger partial charge in [0.1, 0.15) is 6.04 Å². The lowest BCUT2D eigenvalue weighted by atomic mass is 10.1. The monoisotopic (exact) mass is 443 g/mol. The molecule has 1 heterocycles. The van der Waals surface area contributed by atoms with Crippen molar-refractivity contribution in [3.63, 3.8) is 0 Å². The van der Waals surface area contributed by atoms with Gasteiger partial charge in [-0.3, -0.25) is 13.9 Å². The van der Waals surface area contributed by atoms with Gasteiger partial charge >= 0.3 is 0 Å². The maximum Gasteiger partial charge on any atom is 0.265 e. The van der Waals surface area contributed by atoms with Gasteiger partial charge in [-0.1, -0.05) is 43.7 Å². The average molecular weight is 444 g/mol. The smallest absolute Gasteiger partial charge is 0.265 e. The van der Waals surface area contributed by atoms with Gasteiger partial charge in [0.2, 0.25) is 11.8 Å². The second-order valence-electron chi connectivity index (χ2n) is 8.45. The van der Waals surface area contributed by atoms with Crippen LogP contribution in [0.2, 0.25) is 0 Å². The fourth-order valence-electron chi connectivity index (χ4n) is 3.97. The topological polar surface area (TPSA) is 95.6 Å². The number of benzene rings is 2. The number of fused-ring (bicyclic) bond motifs is 1. The summed E-state index contributed by atoms with van der Waals surface area (Å²) in [5, 5.41) is 5.52. The van der Waals surface area contributed by atoms with Crippen LogP contribution in [-0.4, -0.2) is 32.8 Å². The van der Waals surface area contributed by atoms with Gasteiger partial charge in [-0.25, -0.2) is 8.42 Å². The Morgan fingerprint density at radius 3 is 2.35 bits per heavy atom. The third-order valence-electron chi connectivity index (χ3n) is 5.19. The summed E-state index contributed by atoms with van der Waals surface area (Å²) in [6.45, 7) is 9.77. The molecule has 2 aromatic rings. The molecule has 0 saturated carbocycles. The first kappa shape index (κ1) is 22.8. The first-order chi connectivity index (χ1) is 14.5. The first-order valence-corrected chi connectivity index (χ1v) is 11.7. The van der Waals surface area contributed by atoms with Crippen molar-refractivity contribution in [3.05, 3.63) is 53.1 Å². The molecular formula is C23H29N3O4S. The minimum Gasteiger partial charge on any atom is -0.356 e. The van der Waals surface area contributed by atoms with E-state index in [4.69, 9.17) is 0 Å². The summed E-state index contributed by atoms with van der Waals surface area (Å²) >= 11 is 0. The van der Waals surface area contributed by atoms with Crippen LogP contribution in [0.3, 0.4) is 0 Å². The number of hydrogen-bond donors (Lipinski definition) is 2. The van der Waals surface area contributed by atoms with Crippen LogP contribution in [-0.2, 0) is 19.6 Å². The van der Waals surface area contributed by atoms with E-state index >= 15 is 0 Å². The number of para-hydroxylation sites is 2. The van der Waals surface area contributed by atoms with E-state index in [-0.39, 0.29) is 23.1 Å². The minimum absolute atomic E-state index is 0.162. The Hall–Kier alpha value is -2.87. The van der Waals surface area contributed by atoms with Crippen LogP contribution in [0.5, 0.6) is 0 Å². The predicted molar refractivity (Wildman–Crippen MR) is 122 cm³/mol. The maximum atomic E-state index is 13.9. The first-order valence-electron chi connectivity index (χ1n) is 10.3. The summed E-state index contributed by atoms with van der Waals surface area (Å²) in [6.07, 6.45) is -0.268. The maximum absolute atomic E-state index is 13.9. The Morgan fingerprint density at radius 1 is 1.13 bits per heavy atom. The summed E-state index contributed by atoms with van der Waals surface area (Å²) < 4.78 is 29.0. The number of nitrogens with zero attached hydrogens (tertiary/aromatic N) is 1. The summed E-state index contributed by atoms with van der Waals surface area (Å²) in [6, 6.07) is 9.16. The lowest BCUT2D eigenvalue weighted by Gasteiger charge is -2.37. The van der Waals surface area contributed by atoms with Gasteiger partial charge in [-0.05, 0) is 49.9 Å². The van der Waals surface area contributed by atoms with Crippen LogP contribution < -0.4 is 14.9 Å². The van der Waals surface area contributed by atoms with Crippen molar-refractivity contribution < 1.29 is 18.0 Å². The SMILES string of the molecule is Cc1cc(C)c(S(=O)(=O)N2c3ccccc3NC(=O)C2CC(=O)NCC(C)C)c(C)c1. The molecule has 1 unspecified atom stereocenters. The Labute approximate surface area is 183 Å². The zero-order chi connectivity index (χ0) is 22.9. The Morgan fingerprint density at radius 2 is 1.74 bits per heavy atom. The summed E-state index contributed by atoms with van der Waals surface area (Å²) in [7, 11) is -4.12. The van der Waals surface area contributed by atoms with E-state index in [1.54, 1.807) is 50.2 Å². The molecule has 31 heavy (non-hydrogen) atoms. The van der Waals surface area contributed by atoms with E-state index in [9.17, 15) is 18.0 Å². The number of rotatable bonds is 6. The van der Waals surface area contributed by atoms with Crippen LogP contribution in [0, 0.1) is 26.7 Å². The molecule has 1 aliphatic heterocycles. The third-order valence-corrected chi connectivity index (χ3v) is 7.32. The van der Waals surface area contributed by atoms with Crippen molar-refractivity contribution in [1.82, 2.24) is 5.32 Å². The summed E-state index contributed by atoms with van der Waals surface area (Å²) in [4.78, 5) is 25.7. The molecule has 8 heteroatoms. The number of carbonyl (C=O) groups is 2. The molecule has 1 aliphatic rings. The number of amides is 2. The summed E-state index contributed by atoms with van der Waals surface area (Å²) in [5.41, 5.74) is 2.91. The molecule has 2 N–H and O–H groups in total. The number of carbonyl (C=O) groups excluding carboxylic acids is 2. The van der Waals surface area contributed by atoms with E-state index in [1.807, 2.05) is 20.8 Å². The molecular weight excluding hydrogens is 414 g/mol. The number of aryl methyl sites for hydroxylation is 3. The van der Waals surface area contributed by atoms with Crippen molar-refractivity contribution in [3.8, 4) is 0 Å². The van der Waals surface area contributed by atoms with Crippen molar-refractivity contribution >= 4 is 33.2 Å².